The zero-order valence-corrected chi connectivity index (χ0v) is 13.0. The van der Waals surface area contributed by atoms with Gasteiger partial charge in [0.25, 0.3) is 0 Å². The predicted octanol–water partition coefficient (Wildman–Crippen LogP) is 0.854. The molecule has 2 aromatic rings. The fraction of sp³-hybridized carbons (Fsp3) is 0.385. The van der Waals surface area contributed by atoms with Crippen LogP contribution in [0.25, 0.3) is 10.2 Å². The quantitative estimate of drug-likeness (QED) is 0.804. The van der Waals surface area contributed by atoms with Crippen molar-refractivity contribution < 1.29 is 4.79 Å². The molecule has 8 heteroatoms. The lowest BCUT2D eigenvalue weighted by atomic mass is 10.3. The standard InChI is InChI=1S/C13H16ClN5OS/c14-9-1-2-10-11(7-9)21-13(15)19(10)8-12(20)17-3-5-18(16)6-4-17/h1-2,7,15H,3-6,8,16H2. The Morgan fingerprint density at radius 3 is 2.76 bits per heavy atom. The number of nitrogens with one attached hydrogen (secondary N) is 1. The SMILES string of the molecule is N=c1sc2cc(Cl)ccc2n1CC(=O)N1CCN(N)CC1. The Bertz CT molecular complexity index is 732. The molecule has 2 heterocycles. The van der Waals surface area contributed by atoms with Crippen LogP contribution in [0.3, 0.4) is 0 Å². The van der Waals surface area contributed by atoms with Crippen LogP contribution in [0.5, 0.6) is 0 Å². The molecule has 1 amide bonds. The predicted molar refractivity (Wildman–Crippen MR) is 83.0 cm³/mol. The van der Waals surface area contributed by atoms with E-state index in [-0.39, 0.29) is 12.5 Å². The third kappa shape index (κ3) is 2.96. The number of piperazine rings is 1. The molecule has 3 rings (SSSR count). The minimum absolute atomic E-state index is 0.0243. The highest BCUT2D eigenvalue weighted by molar-refractivity contribution is 7.16. The van der Waals surface area contributed by atoms with Crippen molar-refractivity contribution in [3.05, 3.63) is 28.0 Å². The average Bonchev–Trinajstić information content (AvgIpc) is 2.75. The molecule has 1 aromatic heterocycles. The first-order chi connectivity index (χ1) is 10.0. The van der Waals surface area contributed by atoms with E-state index >= 15 is 0 Å². The molecule has 3 N–H and O–H groups in total. The molecule has 21 heavy (non-hydrogen) atoms. The van der Waals surface area contributed by atoms with E-state index in [1.807, 2.05) is 12.1 Å². The summed E-state index contributed by atoms with van der Waals surface area (Å²) in [6.45, 7) is 2.83. The van der Waals surface area contributed by atoms with E-state index in [2.05, 4.69) is 0 Å². The second kappa shape index (κ2) is 5.76. The summed E-state index contributed by atoms with van der Waals surface area (Å²) in [7, 11) is 0. The number of hydrogen-bond acceptors (Lipinski definition) is 5. The highest BCUT2D eigenvalue weighted by Crippen LogP contribution is 2.21. The summed E-state index contributed by atoms with van der Waals surface area (Å²) in [4.78, 5) is 14.5. The highest BCUT2D eigenvalue weighted by Gasteiger charge is 2.20. The lowest BCUT2D eigenvalue weighted by Crippen LogP contribution is -2.52. The van der Waals surface area contributed by atoms with Crippen LogP contribution in [0.2, 0.25) is 5.02 Å². The molecule has 1 aliphatic heterocycles. The number of benzene rings is 1. The van der Waals surface area contributed by atoms with E-state index < -0.39 is 0 Å². The van der Waals surface area contributed by atoms with Crippen molar-refractivity contribution in [1.29, 1.82) is 5.41 Å². The number of carbonyl (C=O) groups excluding carboxylic acids is 1. The summed E-state index contributed by atoms with van der Waals surface area (Å²) in [5.74, 6) is 5.72. The van der Waals surface area contributed by atoms with Gasteiger partial charge >= 0.3 is 0 Å². The number of nitrogens with two attached hydrogens (primary N) is 1. The minimum Gasteiger partial charge on any atom is -0.338 e. The summed E-state index contributed by atoms with van der Waals surface area (Å²) in [5, 5.41) is 10.4. The summed E-state index contributed by atoms with van der Waals surface area (Å²) in [6.07, 6.45) is 0. The summed E-state index contributed by atoms with van der Waals surface area (Å²) in [6, 6.07) is 5.47. The van der Waals surface area contributed by atoms with Crippen LogP contribution >= 0.6 is 22.9 Å². The topological polar surface area (TPSA) is 78.4 Å². The first kappa shape index (κ1) is 14.5. The lowest BCUT2D eigenvalue weighted by molar-refractivity contribution is -0.133. The number of halogens is 1. The number of rotatable bonds is 2. The van der Waals surface area contributed by atoms with Gasteiger partial charge < -0.3 is 9.47 Å². The van der Waals surface area contributed by atoms with Gasteiger partial charge in [0.15, 0.2) is 4.80 Å². The van der Waals surface area contributed by atoms with Gasteiger partial charge in [-0.15, -0.1) is 0 Å². The van der Waals surface area contributed by atoms with Crippen molar-refractivity contribution in [1.82, 2.24) is 14.5 Å². The maximum absolute atomic E-state index is 12.4. The molecule has 0 atom stereocenters. The number of nitrogens with zero attached hydrogens (tertiary/aromatic N) is 3. The second-order valence-corrected chi connectivity index (χ2v) is 6.49. The van der Waals surface area contributed by atoms with Gasteiger partial charge in [-0.25, -0.2) is 5.01 Å². The average molecular weight is 326 g/mol. The maximum Gasteiger partial charge on any atom is 0.242 e. The number of hydrogen-bond donors (Lipinski definition) is 2. The van der Waals surface area contributed by atoms with E-state index in [1.54, 1.807) is 20.5 Å². The van der Waals surface area contributed by atoms with E-state index in [0.717, 1.165) is 10.2 Å². The molecule has 0 radical (unpaired) electrons. The number of thiazole rings is 1. The molecule has 1 fully saturated rings. The fourth-order valence-corrected chi connectivity index (χ4v) is 3.61. The van der Waals surface area contributed by atoms with Gasteiger partial charge in [0.1, 0.15) is 6.54 Å². The van der Waals surface area contributed by atoms with Crippen LogP contribution in [-0.4, -0.2) is 46.6 Å². The molecule has 0 spiro atoms. The van der Waals surface area contributed by atoms with Crippen LogP contribution in [0.4, 0.5) is 0 Å². The molecule has 0 unspecified atom stereocenters. The Balaban J connectivity index is 1.83. The third-order valence-electron chi connectivity index (χ3n) is 3.62. The van der Waals surface area contributed by atoms with Crippen molar-refractivity contribution in [3.8, 4) is 0 Å². The van der Waals surface area contributed by atoms with Crippen LogP contribution in [0.15, 0.2) is 18.2 Å². The largest absolute Gasteiger partial charge is 0.338 e. The summed E-state index contributed by atoms with van der Waals surface area (Å²) >= 11 is 7.29. The Morgan fingerprint density at radius 2 is 2.05 bits per heavy atom. The first-order valence-electron chi connectivity index (χ1n) is 6.65. The smallest absolute Gasteiger partial charge is 0.242 e. The van der Waals surface area contributed by atoms with Crippen LogP contribution in [-0.2, 0) is 11.3 Å². The molecular weight excluding hydrogens is 310 g/mol. The highest BCUT2D eigenvalue weighted by atomic mass is 35.5. The second-order valence-electron chi connectivity index (χ2n) is 5.02. The van der Waals surface area contributed by atoms with Crippen molar-refractivity contribution in [2.45, 2.75) is 6.54 Å². The zero-order valence-electron chi connectivity index (χ0n) is 11.4. The van der Waals surface area contributed by atoms with Crippen molar-refractivity contribution >= 4 is 39.1 Å². The van der Waals surface area contributed by atoms with Crippen molar-refractivity contribution in [2.75, 3.05) is 26.2 Å². The summed E-state index contributed by atoms with van der Waals surface area (Å²) in [5.41, 5.74) is 0.875. The van der Waals surface area contributed by atoms with Crippen molar-refractivity contribution in [2.24, 2.45) is 5.84 Å². The van der Waals surface area contributed by atoms with Gasteiger partial charge in [-0.1, -0.05) is 22.9 Å². The fourth-order valence-electron chi connectivity index (χ4n) is 2.42. The lowest BCUT2D eigenvalue weighted by Gasteiger charge is -2.32. The number of carbonyl (C=O) groups is 1. The molecule has 0 saturated carbocycles. The van der Waals surface area contributed by atoms with E-state index in [1.165, 1.54) is 11.3 Å². The molecule has 1 aromatic carbocycles. The molecule has 0 aliphatic carbocycles. The minimum atomic E-state index is 0.0243. The third-order valence-corrected chi connectivity index (χ3v) is 4.82. The Hall–Kier alpha value is -1.41. The summed E-state index contributed by atoms with van der Waals surface area (Å²) < 4.78 is 2.65. The molecule has 6 nitrogen and oxygen atoms in total. The van der Waals surface area contributed by atoms with Gasteiger partial charge in [-0.05, 0) is 18.2 Å². The molecule has 0 bridgehead atoms. The van der Waals surface area contributed by atoms with Crippen LogP contribution in [0.1, 0.15) is 0 Å². The maximum atomic E-state index is 12.4. The van der Waals surface area contributed by atoms with Gasteiger partial charge in [0.2, 0.25) is 5.91 Å². The van der Waals surface area contributed by atoms with Crippen LogP contribution < -0.4 is 10.6 Å². The van der Waals surface area contributed by atoms with E-state index in [4.69, 9.17) is 22.9 Å². The van der Waals surface area contributed by atoms with E-state index in [0.29, 0.717) is 36.0 Å². The molecular formula is C13H16ClN5OS. The number of aromatic nitrogens is 1. The first-order valence-corrected chi connectivity index (χ1v) is 7.85. The number of hydrazine groups is 1. The Morgan fingerprint density at radius 1 is 1.33 bits per heavy atom. The van der Waals surface area contributed by atoms with Crippen LogP contribution in [0, 0.1) is 5.41 Å². The van der Waals surface area contributed by atoms with E-state index in [9.17, 15) is 4.79 Å². The molecule has 1 aliphatic rings. The Labute approximate surface area is 130 Å². The number of amides is 1. The Kier molecular flexibility index (Phi) is 3.99. The van der Waals surface area contributed by atoms with Gasteiger partial charge in [-0.3, -0.25) is 16.0 Å². The molecule has 1 saturated heterocycles. The van der Waals surface area contributed by atoms with Gasteiger partial charge in [0.05, 0.1) is 10.2 Å². The normalized spacial score (nSPS) is 16.6. The number of fused-ring (bicyclic) bond motifs is 1. The van der Waals surface area contributed by atoms with Gasteiger partial charge in [0, 0.05) is 31.2 Å². The van der Waals surface area contributed by atoms with Gasteiger partial charge in [-0.2, -0.15) is 0 Å². The zero-order chi connectivity index (χ0) is 15.0. The van der Waals surface area contributed by atoms with Crippen molar-refractivity contribution in [3.63, 3.8) is 0 Å². The molecule has 112 valence electrons. The monoisotopic (exact) mass is 325 g/mol.